The fourth-order valence-electron chi connectivity index (χ4n) is 2.05. The summed E-state index contributed by atoms with van der Waals surface area (Å²) in [6.07, 6.45) is 0. The van der Waals surface area contributed by atoms with E-state index in [1.807, 2.05) is 0 Å². The monoisotopic (exact) mass is 306 g/mol. The fraction of sp³-hybridized carbons (Fsp3) is 0. The Balaban J connectivity index is 0.000000282. The largest absolute Gasteiger partial charge is 0.466 e. The molecule has 0 atom stereocenters. The fourth-order valence-corrected chi connectivity index (χ4v) is 2.05. The van der Waals surface area contributed by atoms with Gasteiger partial charge in [0.05, 0.1) is 0 Å². The molecule has 0 aromatic heterocycles. The number of ketones is 2. The Morgan fingerprint density at radius 1 is 0.619 bits per heavy atom. The van der Waals surface area contributed by atoms with Crippen molar-refractivity contribution in [1.82, 2.24) is 0 Å². The number of rotatable bonds is 0. The lowest BCUT2D eigenvalue weighted by Gasteiger charge is -2.16. The molecule has 0 radical (unpaired) electrons. The zero-order chi connectivity index (χ0) is 15.6. The van der Waals surface area contributed by atoms with Crippen molar-refractivity contribution in [2.45, 2.75) is 0 Å². The minimum absolute atomic E-state index is 0.0641. The minimum Gasteiger partial charge on any atom is -0.303 e. The molecule has 0 bridgehead atoms. The lowest BCUT2D eigenvalue weighted by Crippen LogP contribution is -2.20. The Kier molecular flexibility index (Phi) is 4.16. The van der Waals surface area contributed by atoms with Crippen LogP contribution in [-0.4, -0.2) is 26.2 Å². The molecule has 3 N–H and O–H groups in total. The van der Waals surface area contributed by atoms with Gasteiger partial charge in [0.2, 0.25) is 0 Å². The summed E-state index contributed by atoms with van der Waals surface area (Å²) in [5, 5.41) is 0. The number of benzene rings is 2. The second kappa shape index (κ2) is 5.71. The van der Waals surface area contributed by atoms with E-state index in [2.05, 4.69) is 0 Å². The van der Waals surface area contributed by atoms with Gasteiger partial charge in [0.15, 0.2) is 11.6 Å². The predicted molar refractivity (Wildman–Crippen MR) is 74.0 cm³/mol. The molecule has 0 heterocycles. The molecule has 0 amide bonds. The van der Waals surface area contributed by atoms with E-state index in [-0.39, 0.29) is 11.6 Å². The third-order valence-electron chi connectivity index (χ3n) is 2.83. The topological polar surface area (TPSA) is 112 Å². The summed E-state index contributed by atoms with van der Waals surface area (Å²) in [5.41, 5.74) is 2.02. The van der Waals surface area contributed by atoms with Crippen LogP contribution < -0.4 is 0 Å². The van der Waals surface area contributed by atoms with Crippen LogP contribution in [0.3, 0.4) is 0 Å². The zero-order valence-electron chi connectivity index (χ0n) is 10.6. The summed E-state index contributed by atoms with van der Waals surface area (Å²) in [7, 11) is -4.64. The molecule has 2 aromatic rings. The van der Waals surface area contributed by atoms with Crippen LogP contribution in [0.1, 0.15) is 31.8 Å². The maximum absolute atomic E-state index is 12.1. The molecule has 3 rings (SSSR count). The summed E-state index contributed by atoms with van der Waals surface area (Å²) in [6, 6.07) is 13.9. The third kappa shape index (κ3) is 3.51. The smallest absolute Gasteiger partial charge is 0.303 e. The lowest BCUT2D eigenvalue weighted by molar-refractivity contribution is 0.0979. The Labute approximate surface area is 119 Å². The van der Waals surface area contributed by atoms with Crippen LogP contribution in [-0.2, 0) is 4.57 Å². The highest BCUT2D eigenvalue weighted by Gasteiger charge is 2.28. The maximum atomic E-state index is 12.1. The number of carbonyl (C=O) groups excluding carboxylic acids is 2. The van der Waals surface area contributed by atoms with Gasteiger partial charge in [-0.3, -0.25) is 9.59 Å². The van der Waals surface area contributed by atoms with E-state index >= 15 is 0 Å². The first-order valence-corrected chi connectivity index (χ1v) is 7.41. The van der Waals surface area contributed by atoms with E-state index < -0.39 is 7.82 Å². The van der Waals surface area contributed by atoms with Gasteiger partial charge in [0.1, 0.15) is 0 Å². The van der Waals surface area contributed by atoms with Crippen LogP contribution >= 0.6 is 7.82 Å². The van der Waals surface area contributed by atoms with Gasteiger partial charge in [-0.25, -0.2) is 4.57 Å². The first-order chi connectivity index (χ1) is 9.79. The van der Waals surface area contributed by atoms with Crippen molar-refractivity contribution < 1.29 is 28.8 Å². The van der Waals surface area contributed by atoms with Crippen molar-refractivity contribution in [3.05, 3.63) is 70.8 Å². The summed E-state index contributed by atoms with van der Waals surface area (Å²) < 4.78 is 8.88. The van der Waals surface area contributed by atoms with Crippen LogP contribution in [0.25, 0.3) is 0 Å². The number of hydrogen-bond acceptors (Lipinski definition) is 3. The quantitative estimate of drug-likeness (QED) is 0.543. The van der Waals surface area contributed by atoms with Crippen LogP contribution in [0.15, 0.2) is 48.5 Å². The van der Waals surface area contributed by atoms with Crippen LogP contribution in [0, 0.1) is 0 Å². The molecule has 2 aromatic carbocycles. The molecule has 0 unspecified atom stereocenters. The number of fused-ring (bicyclic) bond motifs is 2. The SMILES string of the molecule is O=C1c2ccccc2C(=O)c2ccccc21.O=P(O)(O)O. The van der Waals surface area contributed by atoms with Gasteiger partial charge in [-0.2, -0.15) is 0 Å². The Bertz CT molecular complexity index is 648. The van der Waals surface area contributed by atoms with Gasteiger partial charge < -0.3 is 14.7 Å². The minimum atomic E-state index is -4.64. The van der Waals surface area contributed by atoms with E-state index in [0.717, 1.165) is 0 Å². The van der Waals surface area contributed by atoms with Crippen molar-refractivity contribution in [3.63, 3.8) is 0 Å². The average molecular weight is 306 g/mol. The normalized spacial score (nSPS) is 12.9. The second-order valence-electron chi connectivity index (χ2n) is 4.26. The Hall–Kier alpha value is -2.11. The lowest BCUT2D eigenvalue weighted by atomic mass is 9.84. The van der Waals surface area contributed by atoms with Gasteiger partial charge in [-0.05, 0) is 0 Å². The standard InChI is InChI=1S/C14H8O2.H3O4P/c15-13-9-5-1-2-6-10(9)14(16)12-8-4-3-7-11(12)13;1-5(2,3)4/h1-8H;(H3,1,2,3,4). The maximum Gasteiger partial charge on any atom is 0.466 e. The van der Waals surface area contributed by atoms with Crippen molar-refractivity contribution in [2.75, 3.05) is 0 Å². The molecule has 0 aliphatic heterocycles. The highest BCUT2D eigenvalue weighted by atomic mass is 31.2. The number of carbonyl (C=O) groups is 2. The number of phosphoric acid groups is 1. The summed E-state index contributed by atoms with van der Waals surface area (Å²) >= 11 is 0. The molecule has 108 valence electrons. The molecule has 1 aliphatic rings. The Morgan fingerprint density at radius 2 is 0.810 bits per heavy atom. The van der Waals surface area contributed by atoms with Crippen molar-refractivity contribution >= 4 is 19.4 Å². The van der Waals surface area contributed by atoms with Crippen molar-refractivity contribution in [1.29, 1.82) is 0 Å². The highest BCUT2D eigenvalue weighted by molar-refractivity contribution is 7.45. The van der Waals surface area contributed by atoms with Gasteiger partial charge in [-0.15, -0.1) is 0 Å². The van der Waals surface area contributed by atoms with E-state index in [1.54, 1.807) is 48.5 Å². The molecule has 0 fully saturated rings. The first-order valence-electron chi connectivity index (χ1n) is 5.85. The van der Waals surface area contributed by atoms with E-state index in [1.165, 1.54) is 0 Å². The van der Waals surface area contributed by atoms with Crippen molar-refractivity contribution in [2.24, 2.45) is 0 Å². The van der Waals surface area contributed by atoms with Crippen molar-refractivity contribution in [3.8, 4) is 0 Å². The summed E-state index contributed by atoms with van der Waals surface area (Å²) in [5.74, 6) is -0.128. The predicted octanol–water partition coefficient (Wildman–Crippen LogP) is 1.53. The van der Waals surface area contributed by atoms with E-state index in [9.17, 15) is 9.59 Å². The van der Waals surface area contributed by atoms with Gasteiger partial charge in [0.25, 0.3) is 0 Å². The van der Waals surface area contributed by atoms with Crippen LogP contribution in [0.2, 0.25) is 0 Å². The summed E-state index contributed by atoms with van der Waals surface area (Å²) in [4.78, 5) is 45.8. The van der Waals surface area contributed by atoms with E-state index in [4.69, 9.17) is 19.2 Å². The molecular formula is C14H11O6P. The van der Waals surface area contributed by atoms with Crippen LogP contribution in [0.5, 0.6) is 0 Å². The summed E-state index contributed by atoms with van der Waals surface area (Å²) in [6.45, 7) is 0. The molecule has 6 nitrogen and oxygen atoms in total. The number of hydrogen-bond donors (Lipinski definition) is 3. The molecule has 7 heteroatoms. The molecule has 0 spiro atoms. The average Bonchev–Trinajstić information content (AvgIpc) is 2.43. The molecule has 1 aliphatic carbocycles. The molecular weight excluding hydrogens is 295 g/mol. The zero-order valence-corrected chi connectivity index (χ0v) is 11.5. The second-order valence-corrected chi connectivity index (χ2v) is 5.29. The molecule has 0 saturated carbocycles. The van der Waals surface area contributed by atoms with E-state index in [0.29, 0.717) is 22.3 Å². The molecule has 0 saturated heterocycles. The highest BCUT2D eigenvalue weighted by Crippen LogP contribution is 2.26. The van der Waals surface area contributed by atoms with Gasteiger partial charge in [-0.1, -0.05) is 48.5 Å². The third-order valence-corrected chi connectivity index (χ3v) is 2.83. The van der Waals surface area contributed by atoms with Crippen LogP contribution in [0.4, 0.5) is 0 Å². The van der Waals surface area contributed by atoms with Gasteiger partial charge in [0, 0.05) is 22.3 Å². The van der Waals surface area contributed by atoms with Gasteiger partial charge >= 0.3 is 7.82 Å². The first kappa shape index (κ1) is 15.3. The Morgan fingerprint density at radius 3 is 1.00 bits per heavy atom. The molecule has 21 heavy (non-hydrogen) atoms.